The highest BCUT2D eigenvalue weighted by Gasteiger charge is 2.24. The summed E-state index contributed by atoms with van der Waals surface area (Å²) in [5, 5.41) is 0.134. The maximum absolute atomic E-state index is 12.0. The zero-order valence-electron chi connectivity index (χ0n) is 14.3. The van der Waals surface area contributed by atoms with E-state index < -0.39 is 9.84 Å². The summed E-state index contributed by atoms with van der Waals surface area (Å²) in [7, 11) is -3.36. The molecule has 130 valence electrons. The number of likely N-dealkylation sites (N-methyl/N-ethyl adjacent to an activating group) is 1. The van der Waals surface area contributed by atoms with Crippen LogP contribution in [0, 0.1) is 0 Å². The fraction of sp³-hybridized carbons (Fsp3) is 0.688. The first-order valence-corrected chi connectivity index (χ1v) is 9.93. The molecule has 0 aliphatic carbocycles. The molecular formula is C16H27N3O3S. The first kappa shape index (κ1) is 18.2. The second kappa shape index (κ2) is 7.59. The topological polar surface area (TPSA) is 64.4 Å². The zero-order valence-corrected chi connectivity index (χ0v) is 15.1. The van der Waals surface area contributed by atoms with Crippen molar-refractivity contribution in [1.29, 1.82) is 0 Å². The Morgan fingerprint density at radius 3 is 2.83 bits per heavy atom. The van der Waals surface area contributed by atoms with Gasteiger partial charge in [-0.2, -0.15) is 0 Å². The van der Waals surface area contributed by atoms with Crippen molar-refractivity contribution in [2.24, 2.45) is 0 Å². The van der Waals surface area contributed by atoms with Gasteiger partial charge in [0.15, 0.2) is 0 Å². The molecule has 7 heteroatoms. The van der Waals surface area contributed by atoms with Gasteiger partial charge in [-0.1, -0.05) is 19.1 Å². The van der Waals surface area contributed by atoms with Crippen LogP contribution in [-0.2, 0) is 27.7 Å². The Balaban J connectivity index is 2.27. The fourth-order valence-electron chi connectivity index (χ4n) is 2.89. The summed E-state index contributed by atoms with van der Waals surface area (Å²) >= 11 is 0. The van der Waals surface area contributed by atoms with Gasteiger partial charge in [-0.25, -0.2) is 13.4 Å². The SMILES string of the molecule is C=C(C)CN(CC)Cc1cnc(S(C)(=O)=O)n1C[C@@H]1CCCO1. The van der Waals surface area contributed by atoms with E-state index in [4.69, 9.17) is 4.74 Å². The number of rotatable bonds is 8. The Kier molecular flexibility index (Phi) is 6.00. The van der Waals surface area contributed by atoms with Crippen molar-refractivity contribution in [1.82, 2.24) is 14.5 Å². The van der Waals surface area contributed by atoms with Gasteiger partial charge in [0.1, 0.15) is 0 Å². The summed E-state index contributed by atoms with van der Waals surface area (Å²) in [5.41, 5.74) is 1.99. The number of hydrogen-bond donors (Lipinski definition) is 0. The van der Waals surface area contributed by atoms with Crippen molar-refractivity contribution in [2.45, 2.75) is 51.0 Å². The molecular weight excluding hydrogens is 314 g/mol. The van der Waals surface area contributed by atoms with Crippen molar-refractivity contribution in [3.05, 3.63) is 24.0 Å². The number of nitrogens with zero attached hydrogens (tertiary/aromatic N) is 3. The van der Waals surface area contributed by atoms with E-state index in [1.165, 1.54) is 6.26 Å². The summed E-state index contributed by atoms with van der Waals surface area (Å²) in [4.78, 5) is 6.39. The molecule has 0 N–H and O–H groups in total. The first-order valence-electron chi connectivity index (χ1n) is 8.04. The van der Waals surface area contributed by atoms with Gasteiger partial charge in [-0.3, -0.25) is 4.90 Å². The number of hydrogen-bond acceptors (Lipinski definition) is 5. The molecule has 0 saturated carbocycles. The van der Waals surface area contributed by atoms with Crippen LogP contribution < -0.4 is 0 Å². The minimum atomic E-state index is -3.36. The molecule has 6 nitrogen and oxygen atoms in total. The van der Waals surface area contributed by atoms with Crippen LogP contribution in [0.2, 0.25) is 0 Å². The third-order valence-corrected chi connectivity index (χ3v) is 4.96. The Bertz CT molecular complexity index is 646. The van der Waals surface area contributed by atoms with E-state index in [0.717, 1.165) is 43.8 Å². The number of sulfone groups is 1. The van der Waals surface area contributed by atoms with Crippen LogP contribution in [0.1, 0.15) is 32.4 Å². The van der Waals surface area contributed by atoms with Crippen molar-refractivity contribution in [2.75, 3.05) is 26.0 Å². The molecule has 0 amide bonds. The molecule has 1 atom stereocenters. The third kappa shape index (κ3) is 4.89. The number of aromatic nitrogens is 2. The lowest BCUT2D eigenvalue weighted by atomic mass is 10.2. The Hall–Kier alpha value is -1.18. The summed E-state index contributed by atoms with van der Waals surface area (Å²) in [5.74, 6) is 0. The van der Waals surface area contributed by atoms with Crippen LogP contribution in [-0.4, -0.2) is 54.9 Å². The van der Waals surface area contributed by atoms with Crippen molar-refractivity contribution >= 4 is 9.84 Å². The van der Waals surface area contributed by atoms with Gasteiger partial charge in [-0.15, -0.1) is 0 Å². The molecule has 0 spiro atoms. The van der Waals surface area contributed by atoms with E-state index in [2.05, 4.69) is 23.4 Å². The highest BCUT2D eigenvalue weighted by molar-refractivity contribution is 7.90. The van der Waals surface area contributed by atoms with Crippen molar-refractivity contribution < 1.29 is 13.2 Å². The normalized spacial score (nSPS) is 18.7. The predicted octanol–water partition coefficient (Wildman–Crippen LogP) is 1.86. The largest absolute Gasteiger partial charge is 0.376 e. The van der Waals surface area contributed by atoms with Gasteiger partial charge in [0.05, 0.1) is 24.5 Å². The Morgan fingerprint density at radius 1 is 1.57 bits per heavy atom. The van der Waals surface area contributed by atoms with E-state index in [1.807, 2.05) is 11.5 Å². The monoisotopic (exact) mass is 341 g/mol. The van der Waals surface area contributed by atoms with Crippen LogP contribution >= 0.6 is 0 Å². The zero-order chi connectivity index (χ0) is 17.0. The summed E-state index contributed by atoms with van der Waals surface area (Å²) in [6.07, 6.45) is 4.94. The smallest absolute Gasteiger partial charge is 0.227 e. The molecule has 0 bridgehead atoms. The molecule has 0 aromatic carbocycles. The van der Waals surface area contributed by atoms with Crippen LogP contribution in [0.4, 0.5) is 0 Å². The molecule has 1 aliphatic heterocycles. The first-order chi connectivity index (χ1) is 10.8. The Labute approximate surface area is 139 Å². The van der Waals surface area contributed by atoms with E-state index in [9.17, 15) is 8.42 Å². The molecule has 2 heterocycles. The van der Waals surface area contributed by atoms with E-state index >= 15 is 0 Å². The van der Waals surface area contributed by atoms with Gasteiger partial charge in [0.25, 0.3) is 0 Å². The maximum Gasteiger partial charge on any atom is 0.227 e. The molecule has 1 saturated heterocycles. The van der Waals surface area contributed by atoms with Crippen LogP contribution in [0.15, 0.2) is 23.5 Å². The van der Waals surface area contributed by atoms with E-state index in [0.29, 0.717) is 13.1 Å². The molecule has 0 unspecified atom stereocenters. The molecule has 0 radical (unpaired) electrons. The number of ether oxygens (including phenoxy) is 1. The molecule has 1 fully saturated rings. The number of imidazole rings is 1. The van der Waals surface area contributed by atoms with Gasteiger partial charge >= 0.3 is 0 Å². The van der Waals surface area contributed by atoms with Gasteiger partial charge < -0.3 is 9.30 Å². The molecule has 23 heavy (non-hydrogen) atoms. The summed E-state index contributed by atoms with van der Waals surface area (Å²) in [6.45, 7) is 11.6. The highest BCUT2D eigenvalue weighted by atomic mass is 32.2. The summed E-state index contributed by atoms with van der Waals surface area (Å²) in [6, 6.07) is 0. The van der Waals surface area contributed by atoms with Crippen LogP contribution in [0.5, 0.6) is 0 Å². The van der Waals surface area contributed by atoms with E-state index in [1.54, 1.807) is 6.20 Å². The van der Waals surface area contributed by atoms with Crippen LogP contribution in [0.3, 0.4) is 0 Å². The molecule has 1 aliphatic rings. The second-order valence-corrected chi connectivity index (χ2v) is 8.22. The van der Waals surface area contributed by atoms with E-state index in [-0.39, 0.29) is 11.3 Å². The molecule has 2 rings (SSSR count). The lowest BCUT2D eigenvalue weighted by Gasteiger charge is -2.22. The lowest BCUT2D eigenvalue weighted by molar-refractivity contribution is 0.0934. The lowest BCUT2D eigenvalue weighted by Crippen LogP contribution is -2.28. The Morgan fingerprint density at radius 2 is 2.30 bits per heavy atom. The minimum Gasteiger partial charge on any atom is -0.376 e. The minimum absolute atomic E-state index is 0.0691. The molecule has 1 aromatic rings. The van der Waals surface area contributed by atoms with Crippen molar-refractivity contribution in [3.63, 3.8) is 0 Å². The average molecular weight is 341 g/mol. The second-order valence-electron chi connectivity index (χ2n) is 6.31. The van der Waals surface area contributed by atoms with Gasteiger partial charge in [0, 0.05) is 26.0 Å². The highest BCUT2D eigenvalue weighted by Crippen LogP contribution is 2.20. The van der Waals surface area contributed by atoms with Gasteiger partial charge in [0.2, 0.25) is 15.0 Å². The average Bonchev–Trinajstić information content (AvgIpc) is 3.08. The summed E-state index contributed by atoms with van der Waals surface area (Å²) < 4.78 is 31.5. The quantitative estimate of drug-likeness (QED) is 0.675. The fourth-order valence-corrected chi connectivity index (χ4v) is 3.73. The maximum atomic E-state index is 12.0. The predicted molar refractivity (Wildman–Crippen MR) is 90.1 cm³/mol. The van der Waals surface area contributed by atoms with Gasteiger partial charge in [-0.05, 0) is 26.3 Å². The van der Waals surface area contributed by atoms with Crippen molar-refractivity contribution in [3.8, 4) is 0 Å². The van der Waals surface area contributed by atoms with Crippen LogP contribution in [0.25, 0.3) is 0 Å². The molecule has 1 aromatic heterocycles. The standard InChI is InChI=1S/C16H27N3O3S/c1-5-18(10-13(2)3)11-14-9-17-16(23(4,20)21)19(14)12-15-7-6-8-22-15/h9,15H,2,5-8,10-12H2,1,3-4H3/t15-/m0/s1. The third-order valence-electron chi connectivity index (χ3n) is 3.97.